The lowest BCUT2D eigenvalue weighted by atomic mass is 10.0. The van der Waals surface area contributed by atoms with Gasteiger partial charge in [0.25, 0.3) is 0 Å². The SMILES string of the molecule is COCCn1ccc2ccc(-c3c(C)noc3C)cc21. The molecule has 104 valence electrons. The number of hydrogen-bond acceptors (Lipinski definition) is 3. The van der Waals surface area contributed by atoms with E-state index >= 15 is 0 Å². The van der Waals surface area contributed by atoms with Crippen LogP contribution in [-0.2, 0) is 11.3 Å². The molecule has 0 radical (unpaired) electrons. The third-order valence-electron chi connectivity index (χ3n) is 3.63. The zero-order valence-corrected chi connectivity index (χ0v) is 12.0. The molecule has 0 aliphatic heterocycles. The first-order chi connectivity index (χ1) is 9.70. The highest BCUT2D eigenvalue weighted by Gasteiger charge is 2.12. The summed E-state index contributed by atoms with van der Waals surface area (Å²) in [4.78, 5) is 0. The molecule has 0 amide bonds. The normalized spacial score (nSPS) is 11.3. The van der Waals surface area contributed by atoms with E-state index in [-0.39, 0.29) is 0 Å². The van der Waals surface area contributed by atoms with Crippen molar-refractivity contribution in [1.29, 1.82) is 0 Å². The Bertz CT molecular complexity index is 721. The molecule has 2 aromatic heterocycles. The third-order valence-corrected chi connectivity index (χ3v) is 3.63. The van der Waals surface area contributed by atoms with Gasteiger partial charge >= 0.3 is 0 Å². The molecule has 0 unspecified atom stereocenters. The smallest absolute Gasteiger partial charge is 0.141 e. The van der Waals surface area contributed by atoms with Crippen molar-refractivity contribution < 1.29 is 9.26 Å². The monoisotopic (exact) mass is 270 g/mol. The van der Waals surface area contributed by atoms with Crippen LogP contribution in [0.5, 0.6) is 0 Å². The Balaban J connectivity index is 2.09. The summed E-state index contributed by atoms with van der Waals surface area (Å²) in [6.07, 6.45) is 2.10. The summed E-state index contributed by atoms with van der Waals surface area (Å²) < 4.78 is 12.6. The standard InChI is InChI=1S/C16H18N2O2/c1-11-16(12(2)20-17-11)14-5-4-13-6-7-18(8-9-19-3)15(13)10-14/h4-7,10H,8-9H2,1-3H3. The lowest BCUT2D eigenvalue weighted by Crippen LogP contribution is -2.02. The molecule has 3 rings (SSSR count). The van der Waals surface area contributed by atoms with E-state index in [4.69, 9.17) is 9.26 Å². The highest BCUT2D eigenvalue weighted by atomic mass is 16.5. The van der Waals surface area contributed by atoms with E-state index in [0.29, 0.717) is 6.61 Å². The Morgan fingerprint density at radius 3 is 2.80 bits per heavy atom. The summed E-state index contributed by atoms with van der Waals surface area (Å²) in [6.45, 7) is 5.48. The average Bonchev–Trinajstić information content (AvgIpc) is 3.00. The molecule has 0 aliphatic rings. The summed E-state index contributed by atoms with van der Waals surface area (Å²) in [6, 6.07) is 8.58. The predicted octanol–water partition coefficient (Wildman–Crippen LogP) is 3.56. The lowest BCUT2D eigenvalue weighted by Gasteiger charge is -2.06. The van der Waals surface area contributed by atoms with Crippen molar-refractivity contribution in [3.05, 3.63) is 41.9 Å². The van der Waals surface area contributed by atoms with E-state index in [0.717, 1.165) is 29.1 Å². The molecule has 0 N–H and O–H groups in total. The topological polar surface area (TPSA) is 40.2 Å². The summed E-state index contributed by atoms with van der Waals surface area (Å²) in [7, 11) is 1.72. The van der Waals surface area contributed by atoms with Crippen molar-refractivity contribution in [2.45, 2.75) is 20.4 Å². The van der Waals surface area contributed by atoms with Crippen LogP contribution in [-0.4, -0.2) is 23.4 Å². The van der Waals surface area contributed by atoms with Crippen LogP contribution in [0.25, 0.3) is 22.0 Å². The van der Waals surface area contributed by atoms with Gasteiger partial charge in [-0.3, -0.25) is 0 Å². The Morgan fingerprint density at radius 2 is 2.10 bits per heavy atom. The van der Waals surface area contributed by atoms with Gasteiger partial charge < -0.3 is 13.8 Å². The number of methoxy groups -OCH3 is 1. The minimum atomic E-state index is 0.708. The molecule has 1 aromatic carbocycles. The number of ether oxygens (including phenoxy) is 1. The second-order valence-corrected chi connectivity index (χ2v) is 4.97. The van der Waals surface area contributed by atoms with Crippen molar-refractivity contribution in [3.8, 4) is 11.1 Å². The fourth-order valence-electron chi connectivity index (χ4n) is 2.62. The van der Waals surface area contributed by atoms with Crippen LogP contribution in [0.3, 0.4) is 0 Å². The van der Waals surface area contributed by atoms with Crippen LogP contribution in [0, 0.1) is 13.8 Å². The largest absolute Gasteiger partial charge is 0.383 e. The molecule has 0 bridgehead atoms. The van der Waals surface area contributed by atoms with Gasteiger partial charge in [-0.1, -0.05) is 17.3 Å². The zero-order chi connectivity index (χ0) is 14.1. The number of aromatic nitrogens is 2. The molecule has 0 atom stereocenters. The van der Waals surface area contributed by atoms with Gasteiger partial charge in [0.15, 0.2) is 0 Å². The first-order valence-electron chi connectivity index (χ1n) is 6.72. The highest BCUT2D eigenvalue weighted by molar-refractivity contribution is 5.86. The lowest BCUT2D eigenvalue weighted by molar-refractivity contribution is 0.188. The number of hydrogen-bond donors (Lipinski definition) is 0. The molecule has 4 nitrogen and oxygen atoms in total. The van der Waals surface area contributed by atoms with Crippen LogP contribution in [0.2, 0.25) is 0 Å². The molecule has 3 aromatic rings. The molecule has 0 fully saturated rings. The van der Waals surface area contributed by atoms with Crippen molar-refractivity contribution >= 4 is 10.9 Å². The van der Waals surface area contributed by atoms with E-state index in [1.165, 1.54) is 10.9 Å². The van der Waals surface area contributed by atoms with Crippen molar-refractivity contribution in [2.75, 3.05) is 13.7 Å². The van der Waals surface area contributed by atoms with Gasteiger partial charge in [0.2, 0.25) is 0 Å². The van der Waals surface area contributed by atoms with Crippen molar-refractivity contribution in [2.24, 2.45) is 0 Å². The minimum absolute atomic E-state index is 0.708. The third kappa shape index (κ3) is 2.12. The second kappa shape index (κ2) is 5.13. The first-order valence-corrected chi connectivity index (χ1v) is 6.72. The molecule has 0 spiro atoms. The highest BCUT2D eigenvalue weighted by Crippen LogP contribution is 2.29. The number of aryl methyl sites for hydroxylation is 2. The molecule has 2 heterocycles. The molecule has 0 saturated heterocycles. The van der Waals surface area contributed by atoms with Gasteiger partial charge in [-0.05, 0) is 36.9 Å². The van der Waals surface area contributed by atoms with Gasteiger partial charge in [-0.15, -0.1) is 0 Å². The van der Waals surface area contributed by atoms with Gasteiger partial charge in [0, 0.05) is 30.9 Å². The minimum Gasteiger partial charge on any atom is -0.383 e. The summed E-state index contributed by atoms with van der Waals surface area (Å²) >= 11 is 0. The van der Waals surface area contributed by atoms with E-state index in [1.54, 1.807) is 7.11 Å². The maximum atomic E-state index is 5.26. The summed E-state index contributed by atoms with van der Waals surface area (Å²) in [5.41, 5.74) is 4.37. The number of nitrogens with zero attached hydrogens (tertiary/aromatic N) is 2. The average molecular weight is 270 g/mol. The van der Waals surface area contributed by atoms with Crippen LogP contribution in [0.15, 0.2) is 35.0 Å². The molecular formula is C16H18N2O2. The molecule has 0 saturated carbocycles. The fraction of sp³-hybridized carbons (Fsp3) is 0.312. The van der Waals surface area contributed by atoms with E-state index in [9.17, 15) is 0 Å². The van der Waals surface area contributed by atoms with Crippen LogP contribution >= 0.6 is 0 Å². The number of fused-ring (bicyclic) bond motifs is 1. The molecule has 20 heavy (non-hydrogen) atoms. The summed E-state index contributed by atoms with van der Waals surface area (Å²) in [5, 5.41) is 5.26. The van der Waals surface area contributed by atoms with Crippen LogP contribution < -0.4 is 0 Å². The molecular weight excluding hydrogens is 252 g/mol. The predicted molar refractivity (Wildman–Crippen MR) is 78.8 cm³/mol. The summed E-state index contributed by atoms with van der Waals surface area (Å²) in [5.74, 6) is 0.858. The van der Waals surface area contributed by atoms with E-state index in [1.807, 2.05) is 13.8 Å². The Morgan fingerprint density at radius 1 is 1.25 bits per heavy atom. The first kappa shape index (κ1) is 12.9. The van der Waals surface area contributed by atoms with Gasteiger partial charge in [-0.25, -0.2) is 0 Å². The van der Waals surface area contributed by atoms with Gasteiger partial charge in [0.1, 0.15) is 5.76 Å². The molecule has 4 heteroatoms. The maximum absolute atomic E-state index is 5.26. The maximum Gasteiger partial charge on any atom is 0.141 e. The van der Waals surface area contributed by atoms with Crippen LogP contribution in [0.4, 0.5) is 0 Å². The number of rotatable bonds is 4. The fourth-order valence-corrected chi connectivity index (χ4v) is 2.62. The van der Waals surface area contributed by atoms with Gasteiger partial charge in [0.05, 0.1) is 12.3 Å². The second-order valence-electron chi connectivity index (χ2n) is 4.97. The Hall–Kier alpha value is -2.07. The Labute approximate surface area is 117 Å². The van der Waals surface area contributed by atoms with Crippen LogP contribution in [0.1, 0.15) is 11.5 Å². The quantitative estimate of drug-likeness (QED) is 0.727. The zero-order valence-electron chi connectivity index (χ0n) is 12.0. The van der Waals surface area contributed by atoms with E-state index < -0.39 is 0 Å². The van der Waals surface area contributed by atoms with E-state index in [2.05, 4.69) is 40.2 Å². The van der Waals surface area contributed by atoms with Crippen molar-refractivity contribution in [1.82, 2.24) is 9.72 Å². The Kier molecular flexibility index (Phi) is 3.32. The molecule has 0 aliphatic carbocycles. The van der Waals surface area contributed by atoms with Gasteiger partial charge in [-0.2, -0.15) is 0 Å². The van der Waals surface area contributed by atoms with Crippen molar-refractivity contribution in [3.63, 3.8) is 0 Å². The number of benzene rings is 1.